The third-order valence-corrected chi connectivity index (χ3v) is 4.86. The largest absolute Gasteiger partial charge is 0.480 e. The van der Waals surface area contributed by atoms with E-state index in [1.807, 2.05) is 4.90 Å². The van der Waals surface area contributed by atoms with Gasteiger partial charge in [-0.1, -0.05) is 0 Å². The van der Waals surface area contributed by atoms with Gasteiger partial charge in [-0.25, -0.2) is 0 Å². The fourth-order valence-corrected chi connectivity index (χ4v) is 3.12. The average molecular weight is 489 g/mol. The molecule has 0 aromatic heterocycles. The zero-order valence-corrected chi connectivity index (χ0v) is 18.9. The highest BCUT2D eigenvalue weighted by molar-refractivity contribution is 5.77. The smallest absolute Gasteiger partial charge is 0.317 e. The van der Waals surface area contributed by atoms with E-state index in [1.165, 1.54) is 4.90 Å². The third kappa shape index (κ3) is 15.9. The maximum atomic E-state index is 12.2. The molecule has 0 aromatic carbocycles. The summed E-state index contributed by atoms with van der Waals surface area (Å²) < 4.78 is 16.0. The molecular formula is C18H34F3N5O7. The van der Waals surface area contributed by atoms with Crippen LogP contribution in [0, 0.1) is 0 Å². The Morgan fingerprint density at radius 1 is 0.606 bits per heavy atom. The van der Waals surface area contributed by atoms with Gasteiger partial charge in [0, 0.05) is 75.6 Å². The van der Waals surface area contributed by atoms with Crippen molar-refractivity contribution in [2.24, 2.45) is 0 Å². The summed E-state index contributed by atoms with van der Waals surface area (Å²) in [6.45, 7) is 2.66. The number of hydrogen-bond acceptors (Lipinski definition) is 8. The molecule has 1 amide bonds. The van der Waals surface area contributed by atoms with E-state index in [9.17, 15) is 29.4 Å². The molecule has 0 bridgehead atoms. The summed E-state index contributed by atoms with van der Waals surface area (Å²) in [7, 11) is 3.31. The van der Waals surface area contributed by atoms with E-state index in [1.54, 1.807) is 28.8 Å². The van der Waals surface area contributed by atoms with Crippen LogP contribution in [0.25, 0.3) is 0 Å². The van der Waals surface area contributed by atoms with E-state index < -0.39 is 17.9 Å². The lowest BCUT2D eigenvalue weighted by Crippen LogP contribution is -2.49. The first-order chi connectivity index (χ1) is 15.1. The normalized spacial score (nSPS) is 17.3. The first-order valence-corrected chi connectivity index (χ1v) is 9.96. The first kappa shape index (κ1) is 32.7. The molecule has 0 unspecified atom stereocenters. The third-order valence-electron chi connectivity index (χ3n) is 4.86. The zero-order valence-electron chi connectivity index (χ0n) is 18.9. The quantitative estimate of drug-likeness (QED) is 0.368. The predicted octanol–water partition coefficient (Wildman–Crippen LogP) is -1.46. The van der Waals surface area contributed by atoms with Crippen molar-refractivity contribution in [2.45, 2.75) is 0 Å². The van der Waals surface area contributed by atoms with Gasteiger partial charge < -0.3 is 20.2 Å². The number of rotatable bonds is 8. The van der Waals surface area contributed by atoms with Crippen LogP contribution in [0.2, 0.25) is 0 Å². The van der Waals surface area contributed by atoms with E-state index in [0.717, 1.165) is 0 Å². The summed E-state index contributed by atoms with van der Waals surface area (Å²) in [5.41, 5.74) is 0. The molecule has 1 aliphatic rings. The number of carboxylic acids is 3. The predicted molar refractivity (Wildman–Crippen MR) is 112 cm³/mol. The topological polar surface area (TPSA) is 145 Å². The van der Waals surface area contributed by atoms with Crippen molar-refractivity contribution >= 4 is 23.8 Å². The number of halogens is 3. The summed E-state index contributed by atoms with van der Waals surface area (Å²) in [5.74, 6) is -3.04. The Kier molecular flexibility index (Phi) is 17.8. The average Bonchev–Trinajstić information content (AvgIpc) is 2.70. The van der Waals surface area contributed by atoms with Crippen LogP contribution in [0.15, 0.2) is 0 Å². The molecule has 33 heavy (non-hydrogen) atoms. The minimum atomic E-state index is -0.995. The van der Waals surface area contributed by atoms with E-state index in [2.05, 4.69) is 0 Å². The van der Waals surface area contributed by atoms with Gasteiger partial charge >= 0.3 is 17.9 Å². The summed E-state index contributed by atoms with van der Waals surface area (Å²) in [6, 6.07) is 0. The standard InChI is InChI=1S/C18H33N5O7.F2.FH/c1-19(2)15(24)11-20-3-5-21(12-16(25)26)7-9-23(14-18(29)30)10-8-22(6-4-20)13-17(27)28;1-2;/h3-14H2,1-2H3,(H,25,26)(H,27,28)(H,29,30);;1H. The first-order valence-electron chi connectivity index (χ1n) is 9.96. The molecule has 0 atom stereocenters. The molecule has 0 radical (unpaired) electrons. The van der Waals surface area contributed by atoms with E-state index in [4.69, 9.17) is 14.3 Å². The number of likely N-dealkylation sites (N-methyl/N-ethyl adjacent to an activating group) is 1. The molecule has 1 heterocycles. The zero-order chi connectivity index (χ0) is 24.7. The maximum absolute atomic E-state index is 12.2. The van der Waals surface area contributed by atoms with Crippen molar-refractivity contribution in [3.8, 4) is 0 Å². The van der Waals surface area contributed by atoms with E-state index >= 15 is 0 Å². The Hall–Kier alpha value is -2.49. The maximum Gasteiger partial charge on any atom is 0.317 e. The molecule has 0 spiro atoms. The van der Waals surface area contributed by atoms with Gasteiger partial charge in [-0.2, -0.15) is 0 Å². The van der Waals surface area contributed by atoms with Crippen molar-refractivity contribution in [3.05, 3.63) is 0 Å². The number of carbonyl (C=O) groups excluding carboxylic acids is 1. The molecular weight excluding hydrogens is 455 g/mol. The Bertz CT molecular complexity index is 584. The lowest BCUT2D eigenvalue weighted by molar-refractivity contribution is -0.140. The van der Waals surface area contributed by atoms with Crippen LogP contribution < -0.4 is 0 Å². The van der Waals surface area contributed by atoms with Crippen molar-refractivity contribution in [2.75, 3.05) is 92.6 Å². The van der Waals surface area contributed by atoms with E-state index in [-0.39, 0.29) is 36.8 Å². The Balaban J connectivity index is 0. The molecule has 1 fully saturated rings. The second-order valence-electron chi connectivity index (χ2n) is 7.57. The minimum Gasteiger partial charge on any atom is -0.480 e. The van der Waals surface area contributed by atoms with Gasteiger partial charge in [-0.05, 0) is 0 Å². The summed E-state index contributed by atoms with van der Waals surface area (Å²) in [4.78, 5) is 54.2. The highest BCUT2D eigenvalue weighted by atomic mass is 20.0. The lowest BCUT2D eigenvalue weighted by atomic mass is 10.3. The number of amides is 1. The fourth-order valence-electron chi connectivity index (χ4n) is 3.12. The second kappa shape index (κ2) is 18.0. The van der Waals surface area contributed by atoms with Crippen molar-refractivity contribution in [3.63, 3.8) is 0 Å². The molecule has 3 N–H and O–H groups in total. The van der Waals surface area contributed by atoms with Crippen LogP contribution in [0.3, 0.4) is 0 Å². The molecule has 12 nitrogen and oxygen atoms in total. The molecule has 1 saturated heterocycles. The lowest BCUT2D eigenvalue weighted by Gasteiger charge is -2.33. The number of aliphatic carboxylic acids is 3. The molecule has 194 valence electrons. The van der Waals surface area contributed by atoms with Crippen molar-refractivity contribution in [1.29, 1.82) is 0 Å². The van der Waals surface area contributed by atoms with E-state index in [0.29, 0.717) is 52.4 Å². The van der Waals surface area contributed by atoms with Crippen LogP contribution in [-0.4, -0.2) is 156 Å². The van der Waals surface area contributed by atoms with Crippen LogP contribution in [-0.2, 0) is 19.2 Å². The van der Waals surface area contributed by atoms with Gasteiger partial charge in [0.15, 0.2) is 0 Å². The van der Waals surface area contributed by atoms with Gasteiger partial charge in [0.05, 0.1) is 26.2 Å². The Labute approximate surface area is 190 Å². The monoisotopic (exact) mass is 489 g/mol. The summed E-state index contributed by atoms with van der Waals surface area (Å²) in [6.07, 6.45) is 0. The molecule has 15 heteroatoms. The minimum absolute atomic E-state index is 0. The van der Waals surface area contributed by atoms with Gasteiger partial charge in [0.2, 0.25) is 5.91 Å². The van der Waals surface area contributed by atoms with Crippen LogP contribution in [0.1, 0.15) is 0 Å². The number of carboxylic acid groups (broad SMARTS) is 3. The molecule has 0 aliphatic carbocycles. The molecule has 1 rings (SSSR count). The van der Waals surface area contributed by atoms with Crippen LogP contribution in [0.4, 0.5) is 13.9 Å². The molecule has 0 aromatic rings. The highest BCUT2D eigenvalue weighted by Crippen LogP contribution is 2.02. The SMILES string of the molecule is CN(C)C(=O)CN1CCN(CC(=O)O)CCN(CC(=O)O)CCN(CC(=O)O)CC1.F.FF. The Morgan fingerprint density at radius 2 is 0.818 bits per heavy atom. The number of carbonyl (C=O) groups is 4. The van der Waals surface area contributed by atoms with Crippen molar-refractivity contribution in [1.82, 2.24) is 24.5 Å². The fraction of sp³-hybridized carbons (Fsp3) is 0.778. The van der Waals surface area contributed by atoms with Gasteiger partial charge in [-0.15, -0.1) is 0 Å². The van der Waals surface area contributed by atoms with Crippen molar-refractivity contribution < 1.29 is 48.4 Å². The van der Waals surface area contributed by atoms with Gasteiger partial charge in [-0.3, -0.25) is 43.5 Å². The Morgan fingerprint density at radius 3 is 1.00 bits per heavy atom. The number of hydrogen-bond donors (Lipinski definition) is 3. The van der Waals surface area contributed by atoms with Crippen LogP contribution >= 0.6 is 0 Å². The van der Waals surface area contributed by atoms with Gasteiger partial charge in [0.1, 0.15) is 0 Å². The second-order valence-corrected chi connectivity index (χ2v) is 7.57. The highest BCUT2D eigenvalue weighted by Gasteiger charge is 2.21. The van der Waals surface area contributed by atoms with Crippen LogP contribution in [0.5, 0.6) is 0 Å². The molecule has 0 saturated carbocycles. The van der Waals surface area contributed by atoms with Gasteiger partial charge in [0.25, 0.3) is 0 Å². The summed E-state index contributed by atoms with van der Waals surface area (Å²) >= 11 is 0. The summed E-state index contributed by atoms with van der Waals surface area (Å²) in [5, 5.41) is 27.5. The number of nitrogens with zero attached hydrogens (tertiary/aromatic N) is 5. The molecule has 1 aliphatic heterocycles.